The van der Waals surface area contributed by atoms with Crippen LogP contribution in [-0.2, 0) is 52.4 Å². The Balaban J connectivity index is 3.32. The molecular weight excluding hydrogens is 414 g/mol. The standard InChI is InChI=1S/C16H21NO13/c1-6(18)26-10-11(27-7(2)19)13(28-8(3)20)15(29-12(10)14(23)25-4)30-16(24)17-5-9(21)22/h10-13,15H,5H2,1-4H3,(H,17,24)(H,21,22)/t10-,11-,12-,13+,15-/m0/s1. The molecule has 1 aliphatic rings. The van der Waals surface area contributed by atoms with Crippen LogP contribution in [0.25, 0.3) is 0 Å². The Morgan fingerprint density at radius 1 is 0.833 bits per heavy atom. The number of ether oxygens (including phenoxy) is 6. The first-order valence-corrected chi connectivity index (χ1v) is 8.37. The van der Waals surface area contributed by atoms with Gasteiger partial charge in [-0.05, 0) is 0 Å². The van der Waals surface area contributed by atoms with Crippen LogP contribution in [0.4, 0.5) is 4.79 Å². The molecule has 1 heterocycles. The van der Waals surface area contributed by atoms with Crippen LogP contribution in [0.3, 0.4) is 0 Å². The minimum absolute atomic E-state index is 0.812. The maximum Gasteiger partial charge on any atom is 0.410 e. The van der Waals surface area contributed by atoms with Crippen molar-refractivity contribution in [3.05, 3.63) is 0 Å². The third-order valence-electron chi connectivity index (χ3n) is 3.44. The molecule has 0 bridgehead atoms. The number of carbonyl (C=O) groups is 6. The zero-order valence-corrected chi connectivity index (χ0v) is 16.4. The molecule has 14 heteroatoms. The predicted molar refractivity (Wildman–Crippen MR) is 89.5 cm³/mol. The third-order valence-corrected chi connectivity index (χ3v) is 3.44. The fourth-order valence-electron chi connectivity index (χ4n) is 2.47. The van der Waals surface area contributed by atoms with E-state index in [9.17, 15) is 28.8 Å². The average molecular weight is 435 g/mol. The molecule has 0 radical (unpaired) electrons. The van der Waals surface area contributed by atoms with Gasteiger partial charge in [-0.1, -0.05) is 0 Å². The number of esters is 4. The number of hydrogen-bond acceptors (Lipinski definition) is 12. The predicted octanol–water partition coefficient (Wildman–Crippen LogP) is -1.51. The van der Waals surface area contributed by atoms with Gasteiger partial charge in [0.15, 0.2) is 18.3 Å². The van der Waals surface area contributed by atoms with E-state index in [1.54, 1.807) is 0 Å². The van der Waals surface area contributed by atoms with Gasteiger partial charge in [0.05, 0.1) is 7.11 Å². The smallest absolute Gasteiger partial charge is 0.410 e. The van der Waals surface area contributed by atoms with E-state index in [1.165, 1.54) is 0 Å². The highest BCUT2D eigenvalue weighted by Crippen LogP contribution is 2.30. The van der Waals surface area contributed by atoms with E-state index in [0.717, 1.165) is 27.9 Å². The van der Waals surface area contributed by atoms with Crippen molar-refractivity contribution in [2.24, 2.45) is 0 Å². The number of nitrogens with one attached hydrogen (secondary N) is 1. The lowest BCUT2D eigenvalue weighted by molar-refractivity contribution is -0.288. The number of carboxylic acids is 1. The van der Waals surface area contributed by atoms with Crippen LogP contribution >= 0.6 is 0 Å². The van der Waals surface area contributed by atoms with E-state index in [1.807, 2.05) is 5.32 Å². The van der Waals surface area contributed by atoms with Crippen molar-refractivity contribution in [1.29, 1.82) is 0 Å². The number of carboxylic acid groups (broad SMARTS) is 1. The first-order chi connectivity index (χ1) is 14.0. The Bertz CT molecular complexity index is 705. The summed E-state index contributed by atoms with van der Waals surface area (Å²) in [5.41, 5.74) is 0. The van der Waals surface area contributed by atoms with E-state index in [2.05, 4.69) is 4.74 Å². The topological polar surface area (TPSA) is 190 Å². The zero-order valence-electron chi connectivity index (χ0n) is 16.4. The van der Waals surface area contributed by atoms with Gasteiger partial charge in [0.2, 0.25) is 12.4 Å². The van der Waals surface area contributed by atoms with E-state index < -0.39 is 73.2 Å². The van der Waals surface area contributed by atoms with Gasteiger partial charge < -0.3 is 38.8 Å². The average Bonchev–Trinajstić information content (AvgIpc) is 2.62. The summed E-state index contributed by atoms with van der Waals surface area (Å²) >= 11 is 0. The molecule has 0 aromatic carbocycles. The summed E-state index contributed by atoms with van der Waals surface area (Å²) < 4.78 is 29.9. The Morgan fingerprint density at radius 3 is 1.80 bits per heavy atom. The summed E-state index contributed by atoms with van der Waals surface area (Å²) in [6, 6.07) is 0. The molecule has 1 amide bonds. The molecule has 1 aliphatic heterocycles. The van der Waals surface area contributed by atoms with Crippen molar-refractivity contribution < 1.29 is 62.3 Å². The van der Waals surface area contributed by atoms with Gasteiger partial charge in [-0.25, -0.2) is 9.59 Å². The molecule has 2 N–H and O–H groups in total. The van der Waals surface area contributed by atoms with Crippen LogP contribution in [0.2, 0.25) is 0 Å². The fraction of sp³-hybridized carbons (Fsp3) is 0.625. The molecule has 168 valence electrons. The normalized spacial score (nSPS) is 25.3. The highest BCUT2D eigenvalue weighted by atomic mass is 16.8. The number of amides is 1. The van der Waals surface area contributed by atoms with Gasteiger partial charge >= 0.3 is 35.9 Å². The van der Waals surface area contributed by atoms with Crippen molar-refractivity contribution in [1.82, 2.24) is 5.32 Å². The summed E-state index contributed by atoms with van der Waals surface area (Å²) in [6.45, 7) is 2.17. The largest absolute Gasteiger partial charge is 0.480 e. The van der Waals surface area contributed by atoms with Crippen LogP contribution in [0, 0.1) is 0 Å². The molecule has 0 aromatic rings. The fourth-order valence-corrected chi connectivity index (χ4v) is 2.47. The van der Waals surface area contributed by atoms with E-state index in [0.29, 0.717) is 0 Å². The number of alkyl carbamates (subject to hydrolysis) is 1. The molecule has 1 fully saturated rings. The lowest BCUT2D eigenvalue weighted by Crippen LogP contribution is -2.64. The van der Waals surface area contributed by atoms with Crippen LogP contribution < -0.4 is 5.32 Å². The maximum absolute atomic E-state index is 12.1. The molecule has 1 rings (SSSR count). The van der Waals surface area contributed by atoms with Gasteiger partial charge in [-0.2, -0.15) is 0 Å². The molecule has 30 heavy (non-hydrogen) atoms. The van der Waals surface area contributed by atoms with Crippen LogP contribution in [0.5, 0.6) is 0 Å². The number of carbonyl (C=O) groups excluding carboxylic acids is 5. The van der Waals surface area contributed by atoms with E-state index >= 15 is 0 Å². The van der Waals surface area contributed by atoms with Crippen LogP contribution in [0.1, 0.15) is 20.8 Å². The molecule has 0 unspecified atom stereocenters. The van der Waals surface area contributed by atoms with Crippen molar-refractivity contribution >= 4 is 35.9 Å². The first-order valence-electron chi connectivity index (χ1n) is 8.37. The molecule has 0 spiro atoms. The molecule has 0 aromatic heterocycles. The number of rotatable bonds is 7. The van der Waals surface area contributed by atoms with E-state index in [4.69, 9.17) is 28.8 Å². The quantitative estimate of drug-likeness (QED) is 0.347. The van der Waals surface area contributed by atoms with Gasteiger partial charge in [0.25, 0.3) is 0 Å². The highest BCUT2D eigenvalue weighted by molar-refractivity contribution is 5.78. The number of methoxy groups -OCH3 is 1. The SMILES string of the molecule is COC(=O)[C@H]1O[C@@H](OC(=O)NCC(=O)O)[C@H](OC(C)=O)[C@@H](OC(C)=O)[C@@H]1OC(C)=O. The summed E-state index contributed by atoms with van der Waals surface area (Å²) in [7, 11) is 0.991. The second kappa shape index (κ2) is 10.9. The van der Waals surface area contributed by atoms with Gasteiger partial charge in [-0.15, -0.1) is 0 Å². The van der Waals surface area contributed by atoms with Crippen LogP contribution in [0.15, 0.2) is 0 Å². The van der Waals surface area contributed by atoms with Crippen molar-refractivity contribution in [3.63, 3.8) is 0 Å². The summed E-state index contributed by atoms with van der Waals surface area (Å²) in [5, 5.41) is 10.5. The molecule has 5 atom stereocenters. The van der Waals surface area contributed by atoms with Gasteiger partial charge in [0, 0.05) is 20.8 Å². The van der Waals surface area contributed by atoms with Crippen LogP contribution in [-0.4, -0.2) is 85.4 Å². The van der Waals surface area contributed by atoms with E-state index in [-0.39, 0.29) is 0 Å². The summed E-state index contributed by atoms with van der Waals surface area (Å²) in [4.78, 5) is 69.2. The second-order valence-electron chi connectivity index (χ2n) is 5.82. The Hall–Kier alpha value is -3.42. The molecule has 1 saturated heterocycles. The van der Waals surface area contributed by atoms with Crippen molar-refractivity contribution in [3.8, 4) is 0 Å². The minimum Gasteiger partial charge on any atom is -0.480 e. The third kappa shape index (κ3) is 7.20. The monoisotopic (exact) mass is 435 g/mol. The van der Waals surface area contributed by atoms with Gasteiger partial charge in [-0.3, -0.25) is 19.2 Å². The lowest BCUT2D eigenvalue weighted by atomic mass is 9.97. The first kappa shape index (κ1) is 24.6. The molecule has 0 aliphatic carbocycles. The second-order valence-corrected chi connectivity index (χ2v) is 5.82. The number of hydrogen-bond donors (Lipinski definition) is 2. The lowest BCUT2D eigenvalue weighted by Gasteiger charge is -2.42. The zero-order chi connectivity index (χ0) is 23.0. The van der Waals surface area contributed by atoms with Crippen molar-refractivity contribution in [2.45, 2.75) is 51.5 Å². The molecule has 14 nitrogen and oxygen atoms in total. The Kier molecular flexibility index (Phi) is 8.98. The summed E-state index contributed by atoms with van der Waals surface area (Å²) in [5.74, 6) is -5.19. The molecule has 0 saturated carbocycles. The minimum atomic E-state index is -1.86. The summed E-state index contributed by atoms with van der Waals surface area (Å²) in [6.07, 6.45) is -9.84. The number of aliphatic carboxylic acids is 1. The van der Waals surface area contributed by atoms with Gasteiger partial charge in [0.1, 0.15) is 6.54 Å². The highest BCUT2D eigenvalue weighted by Gasteiger charge is 2.56. The maximum atomic E-state index is 12.1. The Labute approximate surface area is 169 Å². The Morgan fingerprint density at radius 2 is 1.33 bits per heavy atom. The van der Waals surface area contributed by atoms with Crippen molar-refractivity contribution in [2.75, 3.05) is 13.7 Å². The molecular formula is C16H21NO13.